The van der Waals surface area contributed by atoms with E-state index in [-0.39, 0.29) is 45.2 Å². The van der Waals surface area contributed by atoms with E-state index in [0.29, 0.717) is 11.1 Å². The Morgan fingerprint density at radius 2 is 1.94 bits per heavy atom. The molecule has 14 heteroatoms. The Labute approximate surface area is 197 Å². The highest BCUT2D eigenvalue weighted by atomic mass is 32.1. The predicted molar refractivity (Wildman–Crippen MR) is 113 cm³/mol. The SMILES string of the molecule is Cc1cc(-c2nc3c(C(F)(F)F)cc(OCCNC(=O)[O-])cc3s2)c2ncc(OC(F)F)nc2c1. The van der Waals surface area contributed by atoms with Gasteiger partial charge < -0.3 is 24.7 Å². The summed E-state index contributed by atoms with van der Waals surface area (Å²) < 4.78 is 76.1. The number of aromatic nitrogens is 3. The number of hydrogen-bond donors (Lipinski definition) is 1. The van der Waals surface area contributed by atoms with E-state index in [0.717, 1.165) is 23.6 Å². The van der Waals surface area contributed by atoms with E-state index >= 15 is 0 Å². The first kappa shape index (κ1) is 24.3. The molecule has 0 saturated heterocycles. The number of fused-ring (bicyclic) bond motifs is 2. The molecule has 0 bridgehead atoms. The lowest BCUT2D eigenvalue weighted by Gasteiger charge is -2.12. The summed E-state index contributed by atoms with van der Waals surface area (Å²) in [5.74, 6) is -0.523. The average molecular weight is 513 g/mol. The smallest absolute Gasteiger partial charge is 0.418 e. The van der Waals surface area contributed by atoms with Gasteiger partial charge in [-0.2, -0.15) is 22.0 Å². The van der Waals surface area contributed by atoms with Gasteiger partial charge in [-0.15, -0.1) is 11.3 Å². The Balaban J connectivity index is 1.79. The number of carboxylic acid groups (broad SMARTS) is 1. The topological polar surface area (TPSA) is 109 Å². The Kier molecular flexibility index (Phi) is 6.56. The molecular weight excluding hydrogens is 499 g/mol. The van der Waals surface area contributed by atoms with Crippen LogP contribution < -0.4 is 19.9 Å². The highest BCUT2D eigenvalue weighted by molar-refractivity contribution is 7.21. The standard InChI is InChI=1S/C21H15F5N4O4S/c1-9-4-11(16-13(5-9)29-15(8-28-16)34-19(22)23)18-30-17-12(21(24,25)26)6-10(7-14(17)35-18)33-3-2-27-20(31)32/h4-8,19,27H,2-3H2,1H3,(H,31,32)/p-1. The number of hydrogen-bond acceptors (Lipinski definition) is 8. The van der Waals surface area contributed by atoms with Crippen molar-refractivity contribution in [2.24, 2.45) is 0 Å². The Morgan fingerprint density at radius 3 is 2.63 bits per heavy atom. The van der Waals surface area contributed by atoms with Crippen molar-refractivity contribution in [3.8, 4) is 22.2 Å². The van der Waals surface area contributed by atoms with Crippen LogP contribution in [0.25, 0.3) is 31.8 Å². The van der Waals surface area contributed by atoms with Crippen LogP contribution in [0.2, 0.25) is 0 Å². The van der Waals surface area contributed by atoms with E-state index in [1.807, 2.05) is 5.32 Å². The quantitative estimate of drug-likeness (QED) is 0.292. The van der Waals surface area contributed by atoms with E-state index in [4.69, 9.17) is 4.74 Å². The van der Waals surface area contributed by atoms with Gasteiger partial charge in [0.1, 0.15) is 23.5 Å². The minimum Gasteiger partial charge on any atom is -0.530 e. The molecule has 0 fully saturated rings. The third kappa shape index (κ3) is 5.48. The van der Waals surface area contributed by atoms with E-state index in [1.165, 1.54) is 6.07 Å². The molecular formula is C21H14F5N4O4S-. The van der Waals surface area contributed by atoms with Gasteiger partial charge in [-0.1, -0.05) is 0 Å². The number of nitrogens with zero attached hydrogens (tertiary/aromatic N) is 3. The van der Waals surface area contributed by atoms with Crippen molar-refractivity contribution >= 4 is 38.7 Å². The summed E-state index contributed by atoms with van der Waals surface area (Å²) in [6, 6.07) is 5.37. The maximum atomic E-state index is 13.8. The molecule has 4 aromatic rings. The molecule has 0 aliphatic heterocycles. The third-order valence-corrected chi connectivity index (χ3v) is 5.66. The first-order chi connectivity index (χ1) is 16.5. The number of thiazole rings is 1. The lowest BCUT2D eigenvalue weighted by Crippen LogP contribution is -2.38. The second-order valence-electron chi connectivity index (χ2n) is 7.16. The summed E-state index contributed by atoms with van der Waals surface area (Å²) in [4.78, 5) is 22.7. The van der Waals surface area contributed by atoms with Crippen molar-refractivity contribution in [3.63, 3.8) is 0 Å². The Morgan fingerprint density at radius 1 is 1.17 bits per heavy atom. The molecule has 1 amide bonds. The molecule has 0 spiro atoms. The van der Waals surface area contributed by atoms with Crippen LogP contribution in [0.4, 0.5) is 26.7 Å². The zero-order valence-corrected chi connectivity index (χ0v) is 18.5. The van der Waals surface area contributed by atoms with E-state index in [9.17, 15) is 31.9 Å². The highest BCUT2D eigenvalue weighted by Crippen LogP contribution is 2.42. The summed E-state index contributed by atoms with van der Waals surface area (Å²) in [5.41, 5.74) is 0.128. The minimum absolute atomic E-state index is 0.122. The van der Waals surface area contributed by atoms with Crippen LogP contribution in [-0.2, 0) is 6.18 Å². The maximum Gasteiger partial charge on any atom is 0.418 e. The molecule has 1 N–H and O–H groups in total. The van der Waals surface area contributed by atoms with E-state index in [1.54, 1.807) is 19.1 Å². The van der Waals surface area contributed by atoms with Gasteiger partial charge in [-0.3, -0.25) is 0 Å². The third-order valence-electron chi connectivity index (χ3n) is 4.62. The largest absolute Gasteiger partial charge is 0.530 e. The normalized spacial score (nSPS) is 11.9. The van der Waals surface area contributed by atoms with E-state index < -0.39 is 30.3 Å². The van der Waals surface area contributed by atoms with Gasteiger partial charge in [-0.25, -0.2) is 15.0 Å². The number of nitrogens with one attached hydrogen (secondary N) is 1. The van der Waals surface area contributed by atoms with Crippen molar-refractivity contribution in [1.29, 1.82) is 0 Å². The zero-order chi connectivity index (χ0) is 25.3. The summed E-state index contributed by atoms with van der Waals surface area (Å²) in [5, 5.41) is 12.6. The number of ether oxygens (including phenoxy) is 2. The molecule has 2 aromatic carbocycles. The number of halogens is 5. The number of alkyl halides is 5. The van der Waals surface area contributed by atoms with Crippen molar-refractivity contribution in [2.75, 3.05) is 13.2 Å². The van der Waals surface area contributed by atoms with Gasteiger partial charge in [0.2, 0.25) is 5.88 Å². The molecule has 0 aliphatic carbocycles. The molecule has 8 nitrogen and oxygen atoms in total. The number of carbonyl (C=O) groups excluding carboxylic acids is 1. The predicted octanol–water partition coefficient (Wildman–Crippen LogP) is 4.15. The minimum atomic E-state index is -4.75. The molecule has 2 heterocycles. The van der Waals surface area contributed by atoms with Gasteiger partial charge >= 0.3 is 12.8 Å². The van der Waals surface area contributed by atoms with Crippen LogP contribution >= 0.6 is 11.3 Å². The molecule has 0 atom stereocenters. The number of carbonyl (C=O) groups is 1. The molecule has 0 unspecified atom stereocenters. The summed E-state index contributed by atoms with van der Waals surface area (Å²) in [7, 11) is 0. The lowest BCUT2D eigenvalue weighted by atomic mass is 10.1. The fourth-order valence-electron chi connectivity index (χ4n) is 3.30. The van der Waals surface area contributed by atoms with Gasteiger partial charge in [0, 0.05) is 5.56 Å². The number of amides is 1. The first-order valence-corrected chi connectivity index (χ1v) is 10.6. The van der Waals surface area contributed by atoms with Crippen LogP contribution in [0.1, 0.15) is 11.1 Å². The second kappa shape index (κ2) is 9.44. The monoisotopic (exact) mass is 513 g/mol. The molecule has 0 radical (unpaired) electrons. The zero-order valence-electron chi connectivity index (χ0n) is 17.7. The van der Waals surface area contributed by atoms with Gasteiger partial charge in [0.15, 0.2) is 0 Å². The summed E-state index contributed by atoms with van der Waals surface area (Å²) >= 11 is 0.947. The maximum absolute atomic E-state index is 13.8. The van der Waals surface area contributed by atoms with Crippen molar-refractivity contribution in [2.45, 2.75) is 19.7 Å². The Hall–Kier alpha value is -3.81. The summed E-state index contributed by atoms with van der Waals surface area (Å²) in [6.07, 6.45) is -5.29. The van der Waals surface area contributed by atoms with Crippen LogP contribution in [-0.4, -0.2) is 40.8 Å². The van der Waals surface area contributed by atoms with Gasteiger partial charge in [0.25, 0.3) is 0 Å². The van der Waals surface area contributed by atoms with Gasteiger partial charge in [-0.05, 0) is 36.8 Å². The fourth-order valence-corrected chi connectivity index (χ4v) is 4.34. The fraction of sp³-hybridized carbons (Fsp3) is 0.238. The molecule has 2 aromatic heterocycles. The van der Waals surface area contributed by atoms with Crippen LogP contribution in [0.5, 0.6) is 11.6 Å². The van der Waals surface area contributed by atoms with E-state index in [2.05, 4.69) is 19.7 Å². The molecule has 0 aliphatic rings. The average Bonchev–Trinajstić information content (AvgIpc) is 3.18. The number of aryl methyl sites for hydroxylation is 1. The number of benzene rings is 2. The van der Waals surface area contributed by atoms with Crippen molar-refractivity contribution in [1.82, 2.24) is 20.3 Å². The van der Waals surface area contributed by atoms with Crippen LogP contribution in [0, 0.1) is 6.92 Å². The molecule has 4 rings (SSSR count). The first-order valence-electron chi connectivity index (χ1n) is 9.83. The van der Waals surface area contributed by atoms with Crippen LogP contribution in [0.3, 0.4) is 0 Å². The molecule has 0 saturated carbocycles. The molecule has 35 heavy (non-hydrogen) atoms. The van der Waals surface area contributed by atoms with Crippen molar-refractivity contribution < 1.29 is 41.3 Å². The van der Waals surface area contributed by atoms with Gasteiger partial charge in [0.05, 0.1) is 39.6 Å². The molecule has 184 valence electrons. The second-order valence-corrected chi connectivity index (χ2v) is 8.19. The summed E-state index contributed by atoms with van der Waals surface area (Å²) in [6.45, 7) is -1.79. The lowest BCUT2D eigenvalue weighted by molar-refractivity contribution is -0.250. The highest BCUT2D eigenvalue weighted by Gasteiger charge is 2.35. The number of rotatable bonds is 7. The van der Waals surface area contributed by atoms with Crippen molar-refractivity contribution in [3.05, 3.63) is 41.6 Å². The van der Waals surface area contributed by atoms with Crippen LogP contribution in [0.15, 0.2) is 30.5 Å². The Bertz CT molecular complexity index is 1410.